The molecule has 12 heteroatoms. The minimum atomic E-state index is -1.73. The van der Waals surface area contributed by atoms with Crippen LogP contribution >= 0.6 is 11.8 Å². The van der Waals surface area contributed by atoms with Crippen LogP contribution in [0.15, 0.2) is 41.5 Å². The molecule has 0 spiro atoms. The van der Waals surface area contributed by atoms with Crippen molar-refractivity contribution in [2.24, 2.45) is 10.9 Å². The highest BCUT2D eigenvalue weighted by Gasteiger charge is 2.51. The molecule has 3 heterocycles. The zero-order valence-electron chi connectivity index (χ0n) is 18.0. The minimum absolute atomic E-state index is 0.0580. The van der Waals surface area contributed by atoms with E-state index in [4.69, 9.17) is 9.47 Å². The van der Waals surface area contributed by atoms with Gasteiger partial charge in [0.15, 0.2) is 5.17 Å². The number of hydrogen-bond donors (Lipinski definition) is 2. The number of amides is 2. The van der Waals surface area contributed by atoms with Crippen LogP contribution in [0.3, 0.4) is 0 Å². The Labute approximate surface area is 197 Å². The first-order valence-corrected chi connectivity index (χ1v) is 11.3. The Morgan fingerprint density at radius 1 is 1.29 bits per heavy atom. The Morgan fingerprint density at radius 2 is 2.06 bits per heavy atom. The van der Waals surface area contributed by atoms with Crippen LogP contribution in [0.4, 0.5) is 18.4 Å². The molecular formula is C22H21F2N3O6S. The first kappa shape index (κ1) is 24.0. The van der Waals surface area contributed by atoms with E-state index in [9.17, 15) is 24.2 Å². The molecular weight excluding hydrogens is 472 g/mol. The normalized spacial score (nSPS) is 24.1. The van der Waals surface area contributed by atoms with Crippen molar-refractivity contribution in [2.45, 2.75) is 18.1 Å². The zero-order valence-corrected chi connectivity index (χ0v) is 18.8. The molecule has 34 heavy (non-hydrogen) atoms. The van der Waals surface area contributed by atoms with E-state index in [2.05, 4.69) is 9.98 Å². The molecule has 2 aliphatic heterocycles. The number of carboxylic acid groups (broad SMARTS) is 2. The fourth-order valence-electron chi connectivity index (χ4n) is 4.30. The van der Waals surface area contributed by atoms with Gasteiger partial charge in [-0.3, -0.25) is 0 Å². The number of amidine groups is 1. The van der Waals surface area contributed by atoms with Gasteiger partial charge >= 0.3 is 12.2 Å². The van der Waals surface area contributed by atoms with E-state index in [1.54, 1.807) is 6.07 Å². The molecule has 2 N–H and O–H groups in total. The summed E-state index contributed by atoms with van der Waals surface area (Å²) in [5.74, 6) is -1.45. The molecule has 1 saturated heterocycles. The van der Waals surface area contributed by atoms with Crippen molar-refractivity contribution < 1.29 is 38.1 Å². The van der Waals surface area contributed by atoms with Crippen LogP contribution in [-0.2, 0) is 15.0 Å². The summed E-state index contributed by atoms with van der Waals surface area (Å²) < 4.78 is 40.8. The predicted molar refractivity (Wildman–Crippen MR) is 119 cm³/mol. The number of thioether (sulfide) groups is 1. The second-order valence-electron chi connectivity index (χ2n) is 7.89. The van der Waals surface area contributed by atoms with Crippen LogP contribution in [-0.4, -0.2) is 69.6 Å². The maximum absolute atomic E-state index is 15.3. The summed E-state index contributed by atoms with van der Waals surface area (Å²) in [7, 11) is 1.53. The van der Waals surface area contributed by atoms with Crippen LogP contribution < -0.4 is 0 Å². The lowest BCUT2D eigenvalue weighted by Gasteiger charge is -2.47. The molecule has 1 aromatic heterocycles. The Hall–Kier alpha value is -3.09. The van der Waals surface area contributed by atoms with Crippen LogP contribution in [0.25, 0.3) is 11.1 Å². The van der Waals surface area contributed by atoms with E-state index >= 15 is 4.39 Å². The molecule has 2 aliphatic rings. The fraction of sp³-hybridized carbons (Fsp3) is 0.364. The summed E-state index contributed by atoms with van der Waals surface area (Å²) in [6.07, 6.45) is -2.04. The third kappa shape index (κ3) is 4.36. The predicted octanol–water partition coefficient (Wildman–Crippen LogP) is 4.03. The van der Waals surface area contributed by atoms with Crippen molar-refractivity contribution in [3.05, 3.63) is 53.9 Å². The van der Waals surface area contributed by atoms with E-state index < -0.39 is 29.5 Å². The molecule has 0 saturated carbocycles. The number of benzene rings is 1. The molecule has 180 valence electrons. The second-order valence-corrected chi connectivity index (χ2v) is 8.87. The number of rotatable bonds is 4. The molecule has 1 aromatic carbocycles. The number of halogens is 2. The van der Waals surface area contributed by atoms with Gasteiger partial charge in [0.05, 0.1) is 19.3 Å². The zero-order chi connectivity index (χ0) is 24.5. The maximum atomic E-state index is 15.3. The summed E-state index contributed by atoms with van der Waals surface area (Å²) in [5, 5.41) is 18.5. The Morgan fingerprint density at radius 3 is 2.74 bits per heavy atom. The van der Waals surface area contributed by atoms with Gasteiger partial charge < -0.3 is 19.7 Å². The average Bonchev–Trinajstić information content (AvgIpc) is 2.80. The van der Waals surface area contributed by atoms with Crippen LogP contribution in [0.5, 0.6) is 0 Å². The largest absolute Gasteiger partial charge is 0.464 e. The van der Waals surface area contributed by atoms with E-state index in [0.29, 0.717) is 18.6 Å². The van der Waals surface area contributed by atoms with E-state index in [0.717, 1.165) is 11.8 Å². The summed E-state index contributed by atoms with van der Waals surface area (Å²) in [4.78, 5) is 31.4. The molecule has 2 amide bonds. The van der Waals surface area contributed by atoms with E-state index in [1.807, 2.05) is 0 Å². The van der Waals surface area contributed by atoms with Crippen molar-refractivity contribution in [2.75, 3.05) is 26.1 Å². The number of carbonyl (C=O) groups is 2. The lowest BCUT2D eigenvalue weighted by atomic mass is 9.74. The monoisotopic (exact) mass is 493 g/mol. The summed E-state index contributed by atoms with van der Waals surface area (Å²) in [6.45, 7) is 0.159. The summed E-state index contributed by atoms with van der Waals surface area (Å²) in [6, 6.07) is 7.07. The molecule has 3 atom stereocenters. The SMILES string of the molecule is COC[C@H]1C[C@H]2CSC(N(C(=O)O)C(=O)O)=N[C@@]2(c2cc(-c3cccnc3F)ccc2F)CO1. The van der Waals surface area contributed by atoms with Crippen molar-refractivity contribution in [1.82, 2.24) is 9.88 Å². The van der Waals surface area contributed by atoms with Gasteiger partial charge in [-0.15, -0.1) is 0 Å². The van der Waals surface area contributed by atoms with Crippen molar-refractivity contribution in [3.8, 4) is 11.1 Å². The molecule has 0 radical (unpaired) electrons. The van der Waals surface area contributed by atoms with Crippen molar-refractivity contribution >= 4 is 29.1 Å². The molecule has 0 bridgehead atoms. The van der Waals surface area contributed by atoms with Gasteiger partial charge in [-0.25, -0.2) is 24.0 Å². The highest BCUT2D eigenvalue weighted by Crippen LogP contribution is 2.48. The van der Waals surface area contributed by atoms with Gasteiger partial charge in [0.1, 0.15) is 11.4 Å². The maximum Gasteiger partial charge on any atom is 0.423 e. The van der Waals surface area contributed by atoms with Gasteiger partial charge in [-0.1, -0.05) is 17.8 Å². The quantitative estimate of drug-likeness (QED) is 0.613. The van der Waals surface area contributed by atoms with Crippen LogP contribution in [0.1, 0.15) is 12.0 Å². The lowest BCUT2D eigenvalue weighted by molar-refractivity contribution is -0.0838. The second kappa shape index (κ2) is 9.65. The molecule has 1 fully saturated rings. The smallest absolute Gasteiger partial charge is 0.423 e. The van der Waals surface area contributed by atoms with Gasteiger partial charge in [0.2, 0.25) is 5.95 Å². The summed E-state index contributed by atoms with van der Waals surface area (Å²) in [5.41, 5.74) is -0.870. The first-order chi connectivity index (χ1) is 16.3. The van der Waals surface area contributed by atoms with Crippen molar-refractivity contribution in [1.29, 1.82) is 0 Å². The third-order valence-corrected chi connectivity index (χ3v) is 7.00. The number of hydrogen-bond acceptors (Lipinski definition) is 7. The number of pyridine rings is 1. The first-order valence-electron chi connectivity index (χ1n) is 10.3. The molecule has 0 aliphatic carbocycles. The molecule has 4 rings (SSSR count). The number of ether oxygens (including phenoxy) is 2. The Bertz CT molecular complexity index is 1140. The fourth-order valence-corrected chi connectivity index (χ4v) is 5.57. The standard InChI is InChI=1S/C22H21F2N3O6S/c1-32-9-14-8-13-10-34-19(27(20(28)29)21(30)31)26-22(13,11-33-14)16-7-12(4-5-17(16)23)15-3-2-6-25-18(15)24/h2-7,13-14H,8-11H2,1H3,(H,28,29)(H,30,31)/t13-,14+,22-/m0/s1. The van der Waals surface area contributed by atoms with Crippen molar-refractivity contribution in [3.63, 3.8) is 0 Å². The summed E-state index contributed by atoms with van der Waals surface area (Å²) >= 11 is 0.961. The number of aromatic nitrogens is 1. The van der Waals surface area contributed by atoms with E-state index in [1.165, 1.54) is 37.6 Å². The number of fused-ring (bicyclic) bond motifs is 1. The minimum Gasteiger partial charge on any atom is -0.464 e. The van der Waals surface area contributed by atoms with Crippen LogP contribution in [0.2, 0.25) is 0 Å². The Kier molecular flexibility index (Phi) is 6.82. The molecule has 0 unspecified atom stereocenters. The van der Waals surface area contributed by atoms with Gasteiger partial charge in [-0.05, 0) is 36.2 Å². The number of imide groups is 1. The molecule has 2 aromatic rings. The average molecular weight is 493 g/mol. The van der Waals surface area contributed by atoms with Gasteiger partial charge in [0, 0.05) is 36.1 Å². The van der Waals surface area contributed by atoms with E-state index in [-0.39, 0.29) is 45.6 Å². The lowest BCUT2D eigenvalue weighted by Crippen LogP contribution is -2.53. The van der Waals surface area contributed by atoms with Gasteiger partial charge in [-0.2, -0.15) is 9.29 Å². The third-order valence-electron chi connectivity index (χ3n) is 5.90. The number of aliphatic imine (C=N–C) groups is 1. The Balaban J connectivity index is 1.87. The highest BCUT2D eigenvalue weighted by atomic mass is 32.2. The number of nitrogens with zero attached hydrogens (tertiary/aromatic N) is 3. The number of methoxy groups -OCH3 is 1. The molecule has 9 nitrogen and oxygen atoms in total. The van der Waals surface area contributed by atoms with Gasteiger partial charge in [0.25, 0.3) is 0 Å². The van der Waals surface area contributed by atoms with Crippen LogP contribution in [0, 0.1) is 17.7 Å². The topological polar surface area (TPSA) is 122 Å². The highest BCUT2D eigenvalue weighted by molar-refractivity contribution is 8.13.